The molecule has 1 aliphatic rings. The van der Waals surface area contributed by atoms with Gasteiger partial charge in [-0.2, -0.15) is 5.26 Å². The third-order valence-corrected chi connectivity index (χ3v) is 4.19. The molecule has 0 heterocycles. The first-order valence-electron chi connectivity index (χ1n) is 5.97. The molecule has 0 radical (unpaired) electrons. The zero-order valence-electron chi connectivity index (χ0n) is 10.6. The van der Waals surface area contributed by atoms with Gasteiger partial charge >= 0.3 is 0 Å². The maximum atomic E-state index is 12.2. The summed E-state index contributed by atoms with van der Waals surface area (Å²) in [4.78, 5) is 13.2. The van der Waals surface area contributed by atoms with Crippen molar-refractivity contribution in [3.8, 4) is 6.07 Å². The highest BCUT2D eigenvalue weighted by Crippen LogP contribution is 2.45. The first-order valence-corrected chi connectivity index (χ1v) is 7.19. The first-order chi connectivity index (χ1) is 8.61. The summed E-state index contributed by atoms with van der Waals surface area (Å²) in [6.45, 7) is 2.07. The number of rotatable bonds is 3. The molecule has 1 amide bonds. The molecule has 0 atom stereocenters. The van der Waals surface area contributed by atoms with E-state index in [1.165, 1.54) is 0 Å². The van der Waals surface area contributed by atoms with E-state index in [9.17, 15) is 10.1 Å². The van der Waals surface area contributed by atoms with E-state index in [-0.39, 0.29) is 5.91 Å². The molecule has 1 saturated carbocycles. The topological polar surface area (TPSA) is 52.9 Å². The largest absolute Gasteiger partial charge is 0.324 e. The van der Waals surface area contributed by atoms with Crippen molar-refractivity contribution in [1.82, 2.24) is 0 Å². The summed E-state index contributed by atoms with van der Waals surface area (Å²) < 4.78 is 0. The van der Waals surface area contributed by atoms with Gasteiger partial charge in [-0.25, -0.2) is 0 Å². The summed E-state index contributed by atoms with van der Waals surface area (Å²) in [5.74, 6) is 0.302. The lowest BCUT2D eigenvalue weighted by Crippen LogP contribution is -2.45. The van der Waals surface area contributed by atoms with Gasteiger partial charge in [0.15, 0.2) is 0 Å². The van der Waals surface area contributed by atoms with E-state index in [4.69, 9.17) is 0 Å². The van der Waals surface area contributed by atoms with E-state index in [1.54, 1.807) is 11.8 Å². The highest BCUT2D eigenvalue weighted by molar-refractivity contribution is 7.98. The van der Waals surface area contributed by atoms with Crippen molar-refractivity contribution >= 4 is 23.4 Å². The third kappa shape index (κ3) is 2.23. The zero-order chi connectivity index (χ0) is 13.2. The van der Waals surface area contributed by atoms with Crippen LogP contribution in [0.25, 0.3) is 0 Å². The van der Waals surface area contributed by atoms with Crippen LogP contribution >= 0.6 is 11.8 Å². The average molecular weight is 260 g/mol. The Bertz CT molecular complexity index is 501. The maximum Gasteiger partial charge on any atom is 0.244 e. The Morgan fingerprint density at radius 1 is 1.50 bits per heavy atom. The molecule has 0 aromatic heterocycles. The smallest absolute Gasteiger partial charge is 0.244 e. The van der Waals surface area contributed by atoms with Gasteiger partial charge in [-0.05, 0) is 37.1 Å². The molecule has 0 saturated heterocycles. The molecule has 0 aliphatic heterocycles. The lowest BCUT2D eigenvalue weighted by Gasteiger charge is -2.39. The molecule has 2 rings (SSSR count). The molecule has 94 valence electrons. The minimum absolute atomic E-state index is 0.162. The molecule has 1 N–H and O–H groups in total. The summed E-state index contributed by atoms with van der Waals surface area (Å²) in [7, 11) is 0. The van der Waals surface area contributed by atoms with E-state index < -0.39 is 5.41 Å². The van der Waals surface area contributed by atoms with E-state index in [2.05, 4.69) is 18.3 Å². The van der Waals surface area contributed by atoms with Crippen molar-refractivity contribution in [2.75, 3.05) is 11.6 Å². The van der Waals surface area contributed by atoms with Crippen molar-refractivity contribution in [2.45, 2.75) is 24.7 Å². The molecule has 0 bridgehead atoms. The minimum atomic E-state index is -0.815. The molecule has 18 heavy (non-hydrogen) atoms. The number of anilines is 1. The van der Waals surface area contributed by atoms with Crippen LogP contribution in [-0.2, 0) is 4.79 Å². The molecular formula is C14H16N2OS. The van der Waals surface area contributed by atoms with E-state index in [0.29, 0.717) is 18.8 Å². The van der Waals surface area contributed by atoms with Crippen molar-refractivity contribution in [1.29, 1.82) is 5.26 Å². The predicted octanol–water partition coefficient (Wildman–Crippen LogP) is 3.29. The highest BCUT2D eigenvalue weighted by Gasteiger charge is 2.49. The summed E-state index contributed by atoms with van der Waals surface area (Å²) in [5, 5.41) is 12.1. The van der Waals surface area contributed by atoms with Crippen LogP contribution in [0.5, 0.6) is 0 Å². The van der Waals surface area contributed by atoms with E-state index in [0.717, 1.165) is 10.6 Å². The molecule has 1 aromatic rings. The molecule has 3 nitrogen and oxygen atoms in total. The van der Waals surface area contributed by atoms with Crippen molar-refractivity contribution in [3.05, 3.63) is 24.3 Å². The normalized spacial score (nSPS) is 25.9. The average Bonchev–Trinajstić information content (AvgIpc) is 2.35. The van der Waals surface area contributed by atoms with Gasteiger partial charge < -0.3 is 5.32 Å². The number of nitriles is 1. The van der Waals surface area contributed by atoms with Gasteiger partial charge in [0.05, 0.1) is 11.8 Å². The fourth-order valence-electron chi connectivity index (χ4n) is 2.45. The van der Waals surface area contributed by atoms with Gasteiger partial charge in [0.25, 0.3) is 0 Å². The Labute approximate surface area is 112 Å². The Morgan fingerprint density at radius 2 is 2.17 bits per heavy atom. The number of benzene rings is 1. The Balaban J connectivity index is 2.15. The van der Waals surface area contributed by atoms with Gasteiger partial charge in [-0.15, -0.1) is 11.8 Å². The lowest BCUT2D eigenvalue weighted by molar-refractivity contribution is -0.128. The van der Waals surface area contributed by atoms with Crippen molar-refractivity contribution < 1.29 is 4.79 Å². The fraction of sp³-hybridized carbons (Fsp3) is 0.429. The SMILES string of the molecule is CSc1ccccc1NC(=O)C1(C#N)CC(C)C1. The predicted molar refractivity (Wildman–Crippen MR) is 73.3 cm³/mol. The Kier molecular flexibility index (Phi) is 3.63. The second-order valence-electron chi connectivity index (χ2n) is 4.86. The second-order valence-corrected chi connectivity index (χ2v) is 5.71. The Morgan fingerprint density at radius 3 is 2.72 bits per heavy atom. The molecular weight excluding hydrogens is 244 g/mol. The molecule has 0 spiro atoms. The maximum absolute atomic E-state index is 12.2. The van der Waals surface area contributed by atoms with Crippen LogP contribution in [0, 0.1) is 22.7 Å². The quantitative estimate of drug-likeness (QED) is 0.848. The standard InChI is InChI=1S/C14H16N2OS/c1-10-7-14(8-10,9-15)13(17)16-11-5-3-4-6-12(11)18-2/h3-6,10H,7-8H2,1-2H3,(H,16,17). The van der Waals surface area contributed by atoms with Gasteiger partial charge in [-0.3, -0.25) is 4.79 Å². The third-order valence-electron chi connectivity index (χ3n) is 3.40. The van der Waals surface area contributed by atoms with Crippen LogP contribution in [-0.4, -0.2) is 12.2 Å². The number of nitrogens with one attached hydrogen (secondary N) is 1. The number of carbonyl (C=O) groups excluding carboxylic acids is 1. The van der Waals surface area contributed by atoms with Gasteiger partial charge in [0.1, 0.15) is 5.41 Å². The number of amides is 1. The number of hydrogen-bond acceptors (Lipinski definition) is 3. The van der Waals surface area contributed by atoms with Crippen LogP contribution in [0.1, 0.15) is 19.8 Å². The summed E-state index contributed by atoms with van der Waals surface area (Å²) >= 11 is 1.58. The second kappa shape index (κ2) is 5.03. The van der Waals surface area contributed by atoms with E-state index >= 15 is 0 Å². The molecule has 1 fully saturated rings. The van der Waals surface area contributed by atoms with E-state index in [1.807, 2.05) is 30.5 Å². The monoisotopic (exact) mass is 260 g/mol. The number of hydrogen-bond donors (Lipinski definition) is 1. The van der Waals surface area contributed by atoms with Gasteiger partial charge in [0.2, 0.25) is 5.91 Å². The molecule has 1 aromatic carbocycles. The van der Waals surface area contributed by atoms with Crippen molar-refractivity contribution in [2.24, 2.45) is 11.3 Å². The molecule has 0 unspecified atom stereocenters. The first kappa shape index (κ1) is 13.0. The number of para-hydroxylation sites is 1. The van der Waals surface area contributed by atoms with Gasteiger partial charge in [0, 0.05) is 4.90 Å². The summed E-state index contributed by atoms with van der Waals surface area (Å²) in [5.41, 5.74) is -0.0190. The van der Waals surface area contributed by atoms with Crippen LogP contribution in [0.15, 0.2) is 29.2 Å². The number of thioether (sulfide) groups is 1. The Hall–Kier alpha value is -1.47. The summed E-state index contributed by atoms with van der Waals surface area (Å²) in [6, 6.07) is 9.84. The van der Waals surface area contributed by atoms with Crippen LogP contribution in [0.3, 0.4) is 0 Å². The van der Waals surface area contributed by atoms with Crippen LogP contribution in [0.4, 0.5) is 5.69 Å². The van der Waals surface area contributed by atoms with Crippen LogP contribution in [0.2, 0.25) is 0 Å². The highest BCUT2D eigenvalue weighted by atomic mass is 32.2. The summed E-state index contributed by atoms with van der Waals surface area (Å²) in [6.07, 6.45) is 3.30. The molecule has 1 aliphatic carbocycles. The van der Waals surface area contributed by atoms with Gasteiger partial charge in [-0.1, -0.05) is 19.1 Å². The van der Waals surface area contributed by atoms with Crippen molar-refractivity contribution in [3.63, 3.8) is 0 Å². The fourth-order valence-corrected chi connectivity index (χ4v) is 3.00. The number of carbonyl (C=O) groups is 1. The molecule has 4 heteroatoms. The number of nitrogens with zero attached hydrogens (tertiary/aromatic N) is 1. The minimum Gasteiger partial charge on any atom is -0.324 e. The zero-order valence-corrected chi connectivity index (χ0v) is 11.4. The lowest BCUT2D eigenvalue weighted by atomic mass is 9.63. The van der Waals surface area contributed by atoms with Crippen LogP contribution < -0.4 is 5.32 Å².